The van der Waals surface area contributed by atoms with Gasteiger partial charge in [-0.1, -0.05) is 6.42 Å². The molecule has 0 radical (unpaired) electrons. The molecule has 0 saturated heterocycles. The number of nitrogens with one attached hydrogen (secondary N) is 2. The molecule has 0 aromatic carbocycles. The van der Waals surface area contributed by atoms with Gasteiger partial charge in [0.25, 0.3) is 0 Å². The van der Waals surface area contributed by atoms with Crippen molar-refractivity contribution in [3.05, 3.63) is 12.2 Å². The number of methoxy groups -OCH3 is 1. The van der Waals surface area contributed by atoms with Crippen LogP contribution in [0.5, 0.6) is 0 Å². The van der Waals surface area contributed by atoms with Crippen LogP contribution in [0, 0.1) is 0 Å². The third kappa shape index (κ3) is 8.15. The van der Waals surface area contributed by atoms with Crippen molar-refractivity contribution in [3.63, 3.8) is 0 Å². The van der Waals surface area contributed by atoms with Crippen LogP contribution in [0.1, 0.15) is 31.5 Å². The number of aryl methyl sites for hydroxylation is 1. The van der Waals surface area contributed by atoms with Crippen molar-refractivity contribution in [3.8, 4) is 0 Å². The lowest BCUT2D eigenvalue weighted by Crippen LogP contribution is -2.37. The van der Waals surface area contributed by atoms with Gasteiger partial charge in [-0.25, -0.2) is 4.98 Å². The molecular formula is C13H25IN6O2. The molecule has 0 aliphatic heterocycles. The first-order chi connectivity index (χ1) is 10.2. The van der Waals surface area contributed by atoms with E-state index in [0.717, 1.165) is 37.6 Å². The van der Waals surface area contributed by atoms with Gasteiger partial charge in [0.2, 0.25) is 0 Å². The summed E-state index contributed by atoms with van der Waals surface area (Å²) in [6, 6.07) is 0. The Kier molecular flexibility index (Phi) is 11.4. The monoisotopic (exact) mass is 424 g/mol. The Morgan fingerprint density at radius 2 is 2.14 bits per heavy atom. The molecule has 9 heteroatoms. The summed E-state index contributed by atoms with van der Waals surface area (Å²) in [7, 11) is 4.99. The second-order valence-corrected chi connectivity index (χ2v) is 4.54. The van der Waals surface area contributed by atoms with Crippen LogP contribution in [0.4, 0.5) is 0 Å². The van der Waals surface area contributed by atoms with Gasteiger partial charge in [0.1, 0.15) is 12.2 Å². The minimum atomic E-state index is -0.149. The summed E-state index contributed by atoms with van der Waals surface area (Å²) >= 11 is 0. The van der Waals surface area contributed by atoms with E-state index in [9.17, 15) is 4.79 Å². The van der Waals surface area contributed by atoms with E-state index in [1.165, 1.54) is 13.4 Å². The fraction of sp³-hybridized carbons (Fsp3) is 0.692. The van der Waals surface area contributed by atoms with Gasteiger partial charge in [-0.05, 0) is 12.8 Å². The molecular weight excluding hydrogens is 399 g/mol. The second kappa shape index (κ2) is 12.2. The van der Waals surface area contributed by atoms with E-state index in [1.807, 2.05) is 7.05 Å². The highest BCUT2D eigenvalue weighted by atomic mass is 127. The van der Waals surface area contributed by atoms with Gasteiger partial charge in [-0.3, -0.25) is 14.5 Å². The summed E-state index contributed by atoms with van der Waals surface area (Å²) in [5.74, 6) is 1.42. The molecule has 0 aliphatic rings. The molecule has 126 valence electrons. The van der Waals surface area contributed by atoms with E-state index in [1.54, 1.807) is 11.7 Å². The van der Waals surface area contributed by atoms with Crippen molar-refractivity contribution in [1.29, 1.82) is 0 Å². The van der Waals surface area contributed by atoms with E-state index in [0.29, 0.717) is 13.0 Å². The van der Waals surface area contributed by atoms with Gasteiger partial charge in [0.15, 0.2) is 5.96 Å². The standard InChI is InChI=1S/C13H24N6O2.HI/c1-14-13(16-9-11-17-10-18-19(11)2)15-8-6-4-5-7-12(20)21-3;/h10H,4-9H2,1-3H3,(H2,14,15,16);1H. The average molecular weight is 424 g/mol. The number of hydrogen-bond donors (Lipinski definition) is 2. The van der Waals surface area contributed by atoms with E-state index >= 15 is 0 Å². The fourth-order valence-electron chi connectivity index (χ4n) is 1.74. The maximum atomic E-state index is 10.9. The molecule has 0 bridgehead atoms. The smallest absolute Gasteiger partial charge is 0.305 e. The summed E-state index contributed by atoms with van der Waals surface area (Å²) in [4.78, 5) is 19.2. The molecule has 2 N–H and O–H groups in total. The van der Waals surface area contributed by atoms with Crippen LogP contribution >= 0.6 is 24.0 Å². The average Bonchev–Trinajstić information content (AvgIpc) is 2.90. The van der Waals surface area contributed by atoms with Gasteiger partial charge < -0.3 is 15.4 Å². The highest BCUT2D eigenvalue weighted by Gasteiger charge is 2.03. The first-order valence-electron chi connectivity index (χ1n) is 7.01. The van der Waals surface area contributed by atoms with Crippen LogP contribution in [0.2, 0.25) is 0 Å². The highest BCUT2D eigenvalue weighted by Crippen LogP contribution is 2.00. The first-order valence-corrected chi connectivity index (χ1v) is 7.01. The number of nitrogens with zero attached hydrogens (tertiary/aromatic N) is 4. The molecule has 1 aromatic rings. The molecule has 0 spiro atoms. The van der Waals surface area contributed by atoms with Crippen molar-refractivity contribution < 1.29 is 9.53 Å². The van der Waals surface area contributed by atoms with Crippen molar-refractivity contribution in [2.24, 2.45) is 12.0 Å². The largest absolute Gasteiger partial charge is 0.469 e. The zero-order chi connectivity index (χ0) is 15.5. The zero-order valence-corrected chi connectivity index (χ0v) is 15.7. The molecule has 1 heterocycles. The SMILES string of the molecule is CN=C(NCCCCCC(=O)OC)NCc1ncnn1C.I. The van der Waals surface area contributed by atoms with E-state index < -0.39 is 0 Å². The number of esters is 1. The molecule has 22 heavy (non-hydrogen) atoms. The Labute approximate surface area is 148 Å². The van der Waals surface area contributed by atoms with E-state index in [2.05, 4.69) is 30.4 Å². The predicted octanol–water partition coefficient (Wildman–Crippen LogP) is 0.831. The minimum Gasteiger partial charge on any atom is -0.469 e. The summed E-state index contributed by atoms with van der Waals surface area (Å²) in [6.07, 6.45) is 4.80. The Hall–Kier alpha value is -1.39. The van der Waals surface area contributed by atoms with Crippen LogP contribution < -0.4 is 10.6 Å². The van der Waals surface area contributed by atoms with Crippen LogP contribution in [0.25, 0.3) is 0 Å². The molecule has 0 amide bonds. The third-order valence-electron chi connectivity index (χ3n) is 3.02. The molecule has 0 atom stereocenters. The van der Waals surface area contributed by atoms with Crippen LogP contribution in [-0.2, 0) is 23.1 Å². The number of ether oxygens (including phenoxy) is 1. The van der Waals surface area contributed by atoms with Crippen LogP contribution in [0.15, 0.2) is 11.3 Å². The Balaban J connectivity index is 0.00000441. The maximum absolute atomic E-state index is 10.9. The highest BCUT2D eigenvalue weighted by molar-refractivity contribution is 14.0. The fourth-order valence-corrected chi connectivity index (χ4v) is 1.74. The quantitative estimate of drug-likeness (QED) is 0.211. The zero-order valence-electron chi connectivity index (χ0n) is 13.3. The lowest BCUT2D eigenvalue weighted by Gasteiger charge is -2.11. The minimum absolute atomic E-state index is 0. The Morgan fingerprint density at radius 3 is 2.73 bits per heavy atom. The Morgan fingerprint density at radius 1 is 1.36 bits per heavy atom. The number of guanidine groups is 1. The number of unbranched alkanes of at least 4 members (excludes halogenated alkanes) is 2. The Bertz CT molecular complexity index is 463. The number of aromatic nitrogens is 3. The summed E-state index contributed by atoms with van der Waals surface area (Å²) in [5.41, 5.74) is 0. The number of hydrogen-bond acceptors (Lipinski definition) is 5. The van der Waals surface area contributed by atoms with Gasteiger partial charge in [-0.15, -0.1) is 24.0 Å². The van der Waals surface area contributed by atoms with E-state index in [4.69, 9.17) is 0 Å². The van der Waals surface area contributed by atoms with Crippen molar-refractivity contribution >= 4 is 35.9 Å². The summed E-state index contributed by atoms with van der Waals surface area (Å²) in [6.45, 7) is 1.37. The molecule has 1 aromatic heterocycles. The molecule has 0 aliphatic carbocycles. The normalized spacial score (nSPS) is 10.8. The maximum Gasteiger partial charge on any atom is 0.305 e. The van der Waals surface area contributed by atoms with Gasteiger partial charge in [-0.2, -0.15) is 5.10 Å². The van der Waals surface area contributed by atoms with Crippen molar-refractivity contribution in [2.75, 3.05) is 20.7 Å². The van der Waals surface area contributed by atoms with Crippen molar-refractivity contribution in [1.82, 2.24) is 25.4 Å². The molecule has 0 saturated carbocycles. The van der Waals surface area contributed by atoms with E-state index in [-0.39, 0.29) is 29.9 Å². The summed E-state index contributed by atoms with van der Waals surface area (Å²) < 4.78 is 6.31. The predicted molar refractivity (Wildman–Crippen MR) is 95.1 cm³/mol. The van der Waals surface area contributed by atoms with Crippen molar-refractivity contribution in [2.45, 2.75) is 32.2 Å². The van der Waals surface area contributed by atoms with Crippen LogP contribution in [0.3, 0.4) is 0 Å². The molecule has 8 nitrogen and oxygen atoms in total. The number of aliphatic imine (C=N–C) groups is 1. The first kappa shape index (κ1) is 20.6. The topological polar surface area (TPSA) is 93.4 Å². The lowest BCUT2D eigenvalue weighted by molar-refractivity contribution is -0.140. The lowest BCUT2D eigenvalue weighted by atomic mass is 10.2. The molecule has 1 rings (SSSR count). The number of rotatable bonds is 8. The van der Waals surface area contributed by atoms with Gasteiger partial charge >= 0.3 is 5.97 Å². The van der Waals surface area contributed by atoms with Gasteiger partial charge in [0.05, 0.1) is 13.7 Å². The van der Waals surface area contributed by atoms with Crippen LogP contribution in [-0.4, -0.2) is 47.4 Å². The van der Waals surface area contributed by atoms with Gasteiger partial charge in [0, 0.05) is 27.1 Å². The third-order valence-corrected chi connectivity index (χ3v) is 3.02. The second-order valence-electron chi connectivity index (χ2n) is 4.54. The summed E-state index contributed by atoms with van der Waals surface area (Å²) in [5, 5.41) is 10.4. The number of halogens is 1. The molecule has 0 fully saturated rings. The number of carbonyl (C=O) groups is 1. The molecule has 0 unspecified atom stereocenters. The number of carbonyl (C=O) groups excluding carboxylic acids is 1.